The number of anilines is 2. The molecule has 18 heavy (non-hydrogen) atoms. The van der Waals surface area contributed by atoms with Crippen LogP contribution in [0.25, 0.3) is 0 Å². The molecule has 1 rings (SSSR count). The van der Waals surface area contributed by atoms with Crippen LogP contribution in [0.4, 0.5) is 11.4 Å². The lowest BCUT2D eigenvalue weighted by molar-refractivity contribution is 0.261. The van der Waals surface area contributed by atoms with Gasteiger partial charge in [-0.15, -0.1) is 0 Å². The summed E-state index contributed by atoms with van der Waals surface area (Å²) < 4.78 is 5.19. The zero-order valence-corrected chi connectivity index (χ0v) is 11.9. The smallest absolute Gasteiger partial charge is 0.143 e. The average Bonchev–Trinajstić information content (AvgIpc) is 2.39. The van der Waals surface area contributed by atoms with Gasteiger partial charge in [-0.25, -0.2) is 0 Å². The maximum absolute atomic E-state index is 6.00. The number of nitrogens with one attached hydrogen (secondary N) is 1. The lowest BCUT2D eigenvalue weighted by Gasteiger charge is -2.24. The van der Waals surface area contributed by atoms with Crippen molar-refractivity contribution >= 4 is 11.4 Å². The van der Waals surface area contributed by atoms with E-state index >= 15 is 0 Å². The van der Waals surface area contributed by atoms with Crippen molar-refractivity contribution in [2.75, 3.05) is 38.3 Å². The maximum Gasteiger partial charge on any atom is 0.143 e. The molecule has 0 fully saturated rings. The van der Waals surface area contributed by atoms with Crippen LogP contribution >= 0.6 is 0 Å². The third-order valence-corrected chi connectivity index (χ3v) is 3.41. The molecule has 0 saturated carbocycles. The van der Waals surface area contributed by atoms with Crippen molar-refractivity contribution < 1.29 is 4.74 Å². The van der Waals surface area contributed by atoms with Crippen molar-refractivity contribution in [3.63, 3.8) is 0 Å². The molecule has 102 valence electrons. The molecule has 0 bridgehead atoms. The minimum absolute atomic E-state index is 0.606. The van der Waals surface area contributed by atoms with Crippen LogP contribution in [0.3, 0.4) is 0 Å². The van der Waals surface area contributed by atoms with Gasteiger partial charge in [-0.1, -0.05) is 13.0 Å². The van der Waals surface area contributed by atoms with Crippen LogP contribution in [0.2, 0.25) is 0 Å². The Labute approximate surface area is 110 Å². The number of nitrogens with zero attached hydrogens (tertiary/aromatic N) is 1. The van der Waals surface area contributed by atoms with Gasteiger partial charge in [0.05, 0.1) is 18.5 Å². The van der Waals surface area contributed by atoms with E-state index in [-0.39, 0.29) is 0 Å². The van der Waals surface area contributed by atoms with Crippen molar-refractivity contribution in [1.29, 1.82) is 0 Å². The first-order chi connectivity index (χ1) is 8.60. The SMILES string of the molecule is CCC(C)N(C)CCNc1cccc(OC)c1N. The van der Waals surface area contributed by atoms with Gasteiger partial charge in [-0.2, -0.15) is 0 Å². The zero-order chi connectivity index (χ0) is 13.5. The number of nitrogens with two attached hydrogens (primary N) is 1. The summed E-state index contributed by atoms with van der Waals surface area (Å²) in [6.07, 6.45) is 1.16. The predicted molar refractivity (Wildman–Crippen MR) is 78.3 cm³/mol. The molecule has 3 N–H and O–H groups in total. The van der Waals surface area contributed by atoms with Gasteiger partial charge in [-0.05, 0) is 32.5 Å². The normalized spacial score (nSPS) is 12.5. The van der Waals surface area contributed by atoms with E-state index in [0.29, 0.717) is 11.7 Å². The fourth-order valence-corrected chi connectivity index (χ4v) is 1.78. The Morgan fingerprint density at radius 3 is 2.78 bits per heavy atom. The van der Waals surface area contributed by atoms with Crippen LogP contribution < -0.4 is 15.8 Å². The largest absolute Gasteiger partial charge is 0.495 e. The molecule has 0 aliphatic rings. The average molecular weight is 251 g/mol. The van der Waals surface area contributed by atoms with Gasteiger partial charge in [0.2, 0.25) is 0 Å². The number of methoxy groups -OCH3 is 1. The number of benzene rings is 1. The van der Waals surface area contributed by atoms with E-state index < -0.39 is 0 Å². The number of rotatable bonds is 7. The Morgan fingerprint density at radius 1 is 1.44 bits per heavy atom. The Bertz CT molecular complexity index is 368. The Balaban J connectivity index is 2.49. The summed E-state index contributed by atoms with van der Waals surface area (Å²) in [7, 11) is 3.77. The van der Waals surface area contributed by atoms with E-state index in [2.05, 4.69) is 31.1 Å². The number of nitrogen functional groups attached to an aromatic ring is 1. The van der Waals surface area contributed by atoms with E-state index in [4.69, 9.17) is 10.5 Å². The van der Waals surface area contributed by atoms with Crippen molar-refractivity contribution in [3.8, 4) is 5.75 Å². The van der Waals surface area contributed by atoms with Crippen LogP contribution in [0.15, 0.2) is 18.2 Å². The number of para-hydroxylation sites is 1. The molecule has 0 saturated heterocycles. The second-order valence-electron chi connectivity index (χ2n) is 4.59. The molecule has 1 aromatic rings. The van der Waals surface area contributed by atoms with Crippen LogP contribution in [0.1, 0.15) is 20.3 Å². The van der Waals surface area contributed by atoms with E-state index in [1.807, 2.05) is 18.2 Å². The summed E-state index contributed by atoms with van der Waals surface area (Å²) in [5.41, 5.74) is 7.60. The van der Waals surface area contributed by atoms with Gasteiger partial charge in [-0.3, -0.25) is 0 Å². The van der Waals surface area contributed by atoms with E-state index in [9.17, 15) is 0 Å². The molecule has 0 aliphatic carbocycles. The molecule has 0 aliphatic heterocycles. The second kappa shape index (κ2) is 7.11. The van der Waals surface area contributed by atoms with E-state index in [1.165, 1.54) is 0 Å². The molecular weight excluding hydrogens is 226 g/mol. The quantitative estimate of drug-likeness (QED) is 0.731. The highest BCUT2D eigenvalue weighted by Gasteiger charge is 2.07. The summed E-state index contributed by atoms with van der Waals surface area (Å²) in [5, 5.41) is 3.35. The number of hydrogen-bond donors (Lipinski definition) is 2. The topological polar surface area (TPSA) is 50.5 Å². The summed E-state index contributed by atoms with van der Waals surface area (Å²) >= 11 is 0. The number of likely N-dealkylation sites (N-methyl/N-ethyl adjacent to an activating group) is 1. The second-order valence-corrected chi connectivity index (χ2v) is 4.59. The zero-order valence-electron chi connectivity index (χ0n) is 11.9. The highest BCUT2D eigenvalue weighted by molar-refractivity contribution is 5.72. The number of hydrogen-bond acceptors (Lipinski definition) is 4. The Kier molecular flexibility index (Phi) is 5.78. The van der Waals surface area contributed by atoms with Gasteiger partial charge in [0.15, 0.2) is 0 Å². The molecular formula is C14H25N3O. The van der Waals surface area contributed by atoms with Gasteiger partial charge < -0.3 is 20.7 Å². The van der Waals surface area contributed by atoms with Crippen LogP contribution in [-0.2, 0) is 0 Å². The van der Waals surface area contributed by atoms with E-state index in [1.54, 1.807) is 7.11 Å². The van der Waals surface area contributed by atoms with Crippen molar-refractivity contribution in [2.24, 2.45) is 0 Å². The monoisotopic (exact) mass is 251 g/mol. The minimum Gasteiger partial charge on any atom is -0.495 e. The molecule has 0 radical (unpaired) electrons. The first-order valence-electron chi connectivity index (χ1n) is 6.46. The molecule has 0 spiro atoms. The molecule has 1 aromatic carbocycles. The summed E-state index contributed by atoms with van der Waals surface area (Å²) in [4.78, 5) is 2.34. The molecule has 0 aromatic heterocycles. The third kappa shape index (κ3) is 3.81. The first-order valence-corrected chi connectivity index (χ1v) is 6.46. The van der Waals surface area contributed by atoms with Crippen molar-refractivity contribution in [3.05, 3.63) is 18.2 Å². The minimum atomic E-state index is 0.606. The molecule has 4 heteroatoms. The van der Waals surface area contributed by atoms with Gasteiger partial charge in [0.1, 0.15) is 5.75 Å². The molecule has 1 unspecified atom stereocenters. The van der Waals surface area contributed by atoms with Crippen molar-refractivity contribution in [2.45, 2.75) is 26.3 Å². The van der Waals surface area contributed by atoms with Gasteiger partial charge in [0.25, 0.3) is 0 Å². The lowest BCUT2D eigenvalue weighted by Crippen LogP contribution is -2.32. The fraction of sp³-hybridized carbons (Fsp3) is 0.571. The fourth-order valence-electron chi connectivity index (χ4n) is 1.78. The molecule has 1 atom stereocenters. The van der Waals surface area contributed by atoms with Gasteiger partial charge in [0, 0.05) is 19.1 Å². The predicted octanol–water partition coefficient (Wildman–Crippen LogP) is 2.42. The van der Waals surface area contributed by atoms with Crippen LogP contribution in [0.5, 0.6) is 5.75 Å². The number of ether oxygens (including phenoxy) is 1. The standard InChI is InChI=1S/C14H25N3O/c1-5-11(2)17(3)10-9-16-12-7-6-8-13(18-4)14(12)15/h6-8,11,16H,5,9-10,15H2,1-4H3. The Morgan fingerprint density at radius 2 is 2.17 bits per heavy atom. The summed E-state index contributed by atoms with van der Waals surface area (Å²) in [6.45, 7) is 6.30. The lowest BCUT2D eigenvalue weighted by atomic mass is 10.2. The Hall–Kier alpha value is -1.42. The molecule has 0 amide bonds. The van der Waals surface area contributed by atoms with E-state index in [0.717, 1.165) is 30.9 Å². The van der Waals surface area contributed by atoms with Crippen LogP contribution in [0, 0.1) is 0 Å². The highest BCUT2D eigenvalue weighted by atomic mass is 16.5. The molecule has 0 heterocycles. The van der Waals surface area contributed by atoms with Crippen LogP contribution in [-0.4, -0.2) is 38.2 Å². The first kappa shape index (κ1) is 14.6. The van der Waals surface area contributed by atoms with Gasteiger partial charge >= 0.3 is 0 Å². The molecule has 4 nitrogen and oxygen atoms in total. The summed E-state index contributed by atoms with van der Waals surface area (Å²) in [5.74, 6) is 0.718. The van der Waals surface area contributed by atoms with Crippen molar-refractivity contribution in [1.82, 2.24) is 4.90 Å². The maximum atomic E-state index is 6.00. The third-order valence-electron chi connectivity index (χ3n) is 3.41. The highest BCUT2D eigenvalue weighted by Crippen LogP contribution is 2.28. The summed E-state index contributed by atoms with van der Waals surface area (Å²) in [6, 6.07) is 6.39.